The number of hydrogen-bond acceptors (Lipinski definition) is 4. The van der Waals surface area contributed by atoms with Crippen LogP contribution >= 0.6 is 0 Å². The van der Waals surface area contributed by atoms with E-state index in [1.165, 1.54) is 24.4 Å². The van der Waals surface area contributed by atoms with Crippen molar-refractivity contribution in [3.8, 4) is 11.3 Å². The fourth-order valence-electron chi connectivity index (χ4n) is 2.18. The Morgan fingerprint density at radius 1 is 1.57 bits per heavy atom. The number of aromatic nitrogens is 3. The van der Waals surface area contributed by atoms with E-state index in [1.54, 1.807) is 0 Å². The number of nitrogens with zero attached hydrogens (tertiary/aromatic N) is 3. The van der Waals surface area contributed by atoms with Crippen LogP contribution in [0.1, 0.15) is 24.7 Å². The van der Waals surface area contributed by atoms with Gasteiger partial charge in [0, 0.05) is 11.8 Å². The monoisotopic (exact) mass is 323 g/mol. The Hall–Kier alpha value is -2.97. The third kappa shape index (κ3) is 3.62. The minimum Gasteiger partial charge on any atom is -0.465 e. The third-order valence-corrected chi connectivity index (χ3v) is 3.12. The van der Waals surface area contributed by atoms with Gasteiger partial charge in [-0.2, -0.15) is 13.9 Å². The molecule has 23 heavy (non-hydrogen) atoms. The first-order chi connectivity index (χ1) is 10.9. The minimum atomic E-state index is -2.85. The molecule has 0 saturated heterocycles. The number of nitrogens with two attached hydrogens (primary N) is 1. The molecule has 1 amide bonds. The molecule has 0 saturated carbocycles. The van der Waals surface area contributed by atoms with E-state index in [0.717, 1.165) is 6.20 Å². The van der Waals surface area contributed by atoms with Crippen molar-refractivity contribution in [2.24, 2.45) is 0 Å². The summed E-state index contributed by atoms with van der Waals surface area (Å²) in [6.45, 7) is 0.716. The molecular weight excluding hydrogens is 308 g/mol. The average molecular weight is 323 g/mol. The summed E-state index contributed by atoms with van der Waals surface area (Å²) in [6, 6.07) is 2.35. The molecule has 0 spiro atoms. The normalized spacial score (nSPS) is 12.1. The number of halogens is 2. The molecule has 0 fully saturated rings. The molecule has 0 unspecified atom stereocenters. The lowest BCUT2D eigenvalue weighted by Gasteiger charge is -2.16. The molecule has 0 aromatic carbocycles. The van der Waals surface area contributed by atoms with E-state index in [9.17, 15) is 13.6 Å². The van der Waals surface area contributed by atoms with Gasteiger partial charge in [-0.15, -0.1) is 6.58 Å². The summed E-state index contributed by atoms with van der Waals surface area (Å²) in [6.07, 6.45) is 3.14. The number of carboxylic acid groups (broad SMARTS) is 1. The van der Waals surface area contributed by atoms with Crippen LogP contribution in [0.2, 0.25) is 0 Å². The molecule has 0 aliphatic carbocycles. The molecule has 1 atom stereocenters. The Bertz CT molecular complexity index is 717. The first-order valence-corrected chi connectivity index (χ1v) is 6.61. The van der Waals surface area contributed by atoms with Crippen molar-refractivity contribution in [1.29, 1.82) is 0 Å². The van der Waals surface area contributed by atoms with Gasteiger partial charge in [0.2, 0.25) is 0 Å². The molecule has 2 aromatic heterocycles. The topological polar surface area (TPSA) is 106 Å². The maximum atomic E-state index is 13.0. The van der Waals surface area contributed by atoms with Gasteiger partial charge in [0.05, 0.1) is 29.3 Å². The zero-order valence-electron chi connectivity index (χ0n) is 12.0. The number of hydrogen-bond donors (Lipinski definition) is 3. The van der Waals surface area contributed by atoms with E-state index in [2.05, 4.69) is 22.0 Å². The number of nitrogens with one attached hydrogen (secondary N) is 1. The largest absolute Gasteiger partial charge is 0.465 e. The number of alkyl halides is 2. The highest BCUT2D eigenvalue weighted by molar-refractivity contribution is 5.73. The first kappa shape index (κ1) is 16.4. The van der Waals surface area contributed by atoms with Gasteiger partial charge in [0.1, 0.15) is 0 Å². The Morgan fingerprint density at radius 2 is 2.30 bits per heavy atom. The Kier molecular flexibility index (Phi) is 4.89. The molecule has 7 nitrogen and oxygen atoms in total. The molecule has 9 heteroatoms. The molecule has 0 bridgehead atoms. The molecule has 0 aliphatic heterocycles. The van der Waals surface area contributed by atoms with Gasteiger partial charge < -0.3 is 16.2 Å². The van der Waals surface area contributed by atoms with E-state index in [-0.39, 0.29) is 11.4 Å². The van der Waals surface area contributed by atoms with Crippen LogP contribution in [0.3, 0.4) is 0 Å². The number of amides is 1. The molecule has 0 radical (unpaired) electrons. The number of anilines is 1. The SMILES string of the molecule is C=CC[C@H](NC(=O)O)c1cc(-c2c(N)cnn2C(F)F)ccn1. The fourth-order valence-corrected chi connectivity index (χ4v) is 2.18. The molecule has 122 valence electrons. The van der Waals surface area contributed by atoms with E-state index in [1.807, 2.05) is 0 Å². The average Bonchev–Trinajstić information content (AvgIpc) is 2.88. The van der Waals surface area contributed by atoms with Crippen molar-refractivity contribution >= 4 is 11.8 Å². The molecule has 0 aliphatic rings. The highest BCUT2D eigenvalue weighted by atomic mass is 19.3. The van der Waals surface area contributed by atoms with E-state index < -0.39 is 18.7 Å². The molecule has 2 aromatic rings. The summed E-state index contributed by atoms with van der Waals surface area (Å²) in [5.41, 5.74) is 6.59. The van der Waals surface area contributed by atoms with Crippen molar-refractivity contribution in [3.63, 3.8) is 0 Å². The second kappa shape index (κ2) is 6.86. The van der Waals surface area contributed by atoms with Crippen molar-refractivity contribution in [3.05, 3.63) is 42.9 Å². The first-order valence-electron chi connectivity index (χ1n) is 6.61. The predicted molar refractivity (Wildman–Crippen MR) is 79.8 cm³/mol. The minimum absolute atomic E-state index is 0.0522. The maximum Gasteiger partial charge on any atom is 0.405 e. The molecular formula is C14H15F2N5O2. The summed E-state index contributed by atoms with van der Waals surface area (Å²) in [7, 11) is 0. The molecule has 2 heterocycles. The number of carbonyl (C=O) groups is 1. The van der Waals surface area contributed by atoms with Crippen molar-refractivity contribution in [2.75, 3.05) is 5.73 Å². The Balaban J connectivity index is 2.45. The van der Waals surface area contributed by atoms with Gasteiger partial charge in [-0.25, -0.2) is 9.48 Å². The highest BCUT2D eigenvalue weighted by Crippen LogP contribution is 2.30. The molecule has 2 rings (SSSR count). The number of nitrogen functional groups attached to an aromatic ring is 1. The van der Waals surface area contributed by atoms with Gasteiger partial charge in [-0.05, 0) is 18.6 Å². The Morgan fingerprint density at radius 3 is 2.91 bits per heavy atom. The quantitative estimate of drug-likeness (QED) is 0.709. The lowest BCUT2D eigenvalue weighted by Crippen LogP contribution is -2.27. The smallest absolute Gasteiger partial charge is 0.405 e. The molecule has 4 N–H and O–H groups in total. The Labute approximate surface area is 130 Å². The van der Waals surface area contributed by atoms with Gasteiger partial charge in [-0.3, -0.25) is 4.98 Å². The van der Waals surface area contributed by atoms with Gasteiger partial charge in [0.25, 0.3) is 0 Å². The van der Waals surface area contributed by atoms with Crippen molar-refractivity contribution in [1.82, 2.24) is 20.1 Å². The fraction of sp³-hybridized carbons (Fsp3) is 0.214. The number of rotatable bonds is 6. The van der Waals surface area contributed by atoms with Crippen molar-refractivity contribution in [2.45, 2.75) is 19.0 Å². The summed E-state index contributed by atoms with van der Waals surface area (Å²) in [5, 5.41) is 14.7. The van der Waals surface area contributed by atoms with Gasteiger partial charge in [-0.1, -0.05) is 6.08 Å². The van der Waals surface area contributed by atoms with Crippen LogP contribution < -0.4 is 11.1 Å². The summed E-state index contributed by atoms with van der Waals surface area (Å²) < 4.78 is 26.5. The van der Waals surface area contributed by atoms with Crippen LogP contribution in [0.15, 0.2) is 37.2 Å². The summed E-state index contributed by atoms with van der Waals surface area (Å²) >= 11 is 0. The second-order valence-electron chi connectivity index (χ2n) is 4.67. The summed E-state index contributed by atoms with van der Waals surface area (Å²) in [5.74, 6) is 0. The summed E-state index contributed by atoms with van der Waals surface area (Å²) in [4.78, 5) is 15.0. The van der Waals surface area contributed by atoms with Crippen LogP contribution in [-0.4, -0.2) is 26.0 Å². The van der Waals surface area contributed by atoms with Crippen LogP contribution in [0.5, 0.6) is 0 Å². The zero-order valence-corrected chi connectivity index (χ0v) is 12.0. The van der Waals surface area contributed by atoms with Crippen LogP contribution in [-0.2, 0) is 0 Å². The predicted octanol–water partition coefficient (Wildman–Crippen LogP) is 2.81. The second-order valence-corrected chi connectivity index (χ2v) is 4.67. The zero-order chi connectivity index (χ0) is 17.0. The van der Waals surface area contributed by atoms with E-state index >= 15 is 0 Å². The number of pyridine rings is 1. The van der Waals surface area contributed by atoms with Crippen LogP contribution in [0.4, 0.5) is 19.3 Å². The van der Waals surface area contributed by atoms with E-state index in [0.29, 0.717) is 22.4 Å². The van der Waals surface area contributed by atoms with Gasteiger partial charge in [0.15, 0.2) is 0 Å². The standard InChI is InChI=1S/C14H15F2N5O2/c1-2-3-10(20-14(22)23)11-6-8(4-5-18-11)12-9(17)7-19-21(12)13(15)16/h2,4-7,10,13,20H,1,3,17H2,(H,22,23)/t10-/m0/s1. The lowest BCUT2D eigenvalue weighted by molar-refractivity contribution is 0.0585. The van der Waals surface area contributed by atoms with Crippen molar-refractivity contribution < 1.29 is 18.7 Å². The van der Waals surface area contributed by atoms with Gasteiger partial charge >= 0.3 is 12.6 Å². The van der Waals surface area contributed by atoms with Crippen LogP contribution in [0, 0.1) is 0 Å². The maximum absolute atomic E-state index is 13.0. The lowest BCUT2D eigenvalue weighted by atomic mass is 10.1. The third-order valence-electron chi connectivity index (χ3n) is 3.12. The van der Waals surface area contributed by atoms with E-state index in [4.69, 9.17) is 10.8 Å². The van der Waals surface area contributed by atoms with Crippen LogP contribution in [0.25, 0.3) is 11.3 Å². The highest BCUT2D eigenvalue weighted by Gasteiger charge is 2.20.